The largest absolute Gasteiger partial charge is 1.00 e. The quantitative estimate of drug-likeness (QED) is 0.127. The molecule has 0 aliphatic carbocycles. The molecule has 4 aromatic rings. The molecule has 0 bridgehead atoms. The van der Waals surface area contributed by atoms with Gasteiger partial charge in [-0.2, -0.15) is 0 Å². The number of carboxylic acids is 1. The number of aliphatic hydroxyl groups excluding tert-OH is 2. The smallest absolute Gasteiger partial charge is 0.548 e. The third-order valence-corrected chi connectivity index (χ3v) is 10.4. The number of carboxylic acid groups (broad SMARTS) is 1. The van der Waals surface area contributed by atoms with Gasteiger partial charge in [0.15, 0.2) is 0 Å². The Bertz CT molecular complexity index is 1780. The number of rotatable bonds is 18. The summed E-state index contributed by atoms with van der Waals surface area (Å²) in [5.41, 5.74) is 3.78. The molecule has 304 valence electrons. The molecule has 4 aromatic carbocycles. The van der Waals surface area contributed by atoms with E-state index < -0.39 is 86.3 Å². The van der Waals surface area contributed by atoms with Crippen LogP contribution in [-0.4, -0.2) is 110 Å². The Labute approximate surface area is 360 Å². The minimum atomic E-state index is -1.47. The fourth-order valence-corrected chi connectivity index (χ4v) is 7.58. The first kappa shape index (κ1) is 44.5. The van der Waals surface area contributed by atoms with E-state index in [9.17, 15) is 20.1 Å². The van der Waals surface area contributed by atoms with Crippen molar-refractivity contribution >= 4 is 5.97 Å². The number of hydrogen-bond donors (Lipinski definition) is 2. The van der Waals surface area contributed by atoms with Crippen molar-refractivity contribution in [2.24, 2.45) is 0 Å². The second kappa shape index (κ2) is 22.5. The molecule has 7 rings (SSSR count). The van der Waals surface area contributed by atoms with E-state index in [0.29, 0.717) is 6.61 Å². The third-order valence-electron chi connectivity index (χ3n) is 10.4. The molecule has 0 unspecified atom stereocenters. The number of fused-ring (bicyclic) bond motifs is 1. The second-order valence-corrected chi connectivity index (χ2v) is 14.3. The maximum atomic E-state index is 11.5. The normalized spacial score (nSPS) is 29.5. The molecule has 3 aliphatic heterocycles. The van der Waals surface area contributed by atoms with Crippen molar-refractivity contribution in [1.29, 1.82) is 0 Å². The van der Waals surface area contributed by atoms with Crippen molar-refractivity contribution in [3.05, 3.63) is 144 Å². The van der Waals surface area contributed by atoms with Crippen LogP contribution in [0.4, 0.5) is 0 Å². The molecule has 0 saturated carbocycles. The number of aliphatic carboxylic acids is 1. The SMILES string of the molecule is O=C([O-])CO[C@H]1[C@@H](O)[C@@H](CO)O[C@H]2[C@H]([C@H]3O[C@H](COCc4ccccc4)[C@@H](OCc4ccccc4)[C@H](OCc4ccccc4)[C@@H]3OCc3ccccc3)OCO[C@@H]21.[Na+]. The van der Waals surface area contributed by atoms with Gasteiger partial charge in [0.1, 0.15) is 73.9 Å². The molecular weight excluding hydrogens is 759 g/mol. The van der Waals surface area contributed by atoms with Crippen LogP contribution in [-0.2, 0) is 73.9 Å². The Morgan fingerprint density at radius 3 is 1.55 bits per heavy atom. The van der Waals surface area contributed by atoms with Gasteiger partial charge < -0.3 is 62.7 Å². The minimum absolute atomic E-state index is 0. The molecular formula is C44H49NaO13. The third kappa shape index (κ3) is 11.6. The zero-order valence-corrected chi connectivity index (χ0v) is 34.4. The zero-order chi connectivity index (χ0) is 39.4. The average molecular weight is 809 g/mol. The van der Waals surface area contributed by atoms with Crippen LogP contribution in [0.25, 0.3) is 0 Å². The van der Waals surface area contributed by atoms with Crippen LogP contribution in [0.15, 0.2) is 121 Å². The fourth-order valence-electron chi connectivity index (χ4n) is 7.58. The molecule has 13 nitrogen and oxygen atoms in total. The second-order valence-electron chi connectivity index (χ2n) is 14.3. The fraction of sp³-hybridized carbons (Fsp3) is 0.432. The number of aliphatic hydroxyl groups is 2. The van der Waals surface area contributed by atoms with Gasteiger partial charge in [-0.25, -0.2) is 0 Å². The summed E-state index contributed by atoms with van der Waals surface area (Å²) in [6.07, 6.45) is -10.7. The van der Waals surface area contributed by atoms with Gasteiger partial charge >= 0.3 is 29.6 Å². The van der Waals surface area contributed by atoms with Gasteiger partial charge in [-0.3, -0.25) is 0 Å². The molecule has 0 spiro atoms. The monoisotopic (exact) mass is 808 g/mol. The standard InChI is InChI=1S/C44H50O13.Na/c45-21-33-36(48)38(53-27-35(46)47)40-43(56-33)42(55-28-54-40)44-41(52-25-32-19-11-4-12-20-32)39(51-24-31-17-9-3-10-18-31)37(50-23-30-15-7-2-8-16-30)34(57-44)26-49-22-29-13-5-1-6-14-29;/h1-20,33-34,36-45,48H,21-28H2,(H,46,47);/q;+1/p-1/t33-,34-,36+,37-,38+,39+,40-,41+,42-,43-,44+;/m1./s1. The summed E-state index contributed by atoms with van der Waals surface area (Å²) in [4.78, 5) is 11.5. The van der Waals surface area contributed by atoms with Crippen LogP contribution in [0.2, 0.25) is 0 Å². The summed E-state index contributed by atoms with van der Waals surface area (Å²) in [5, 5.41) is 32.9. The summed E-state index contributed by atoms with van der Waals surface area (Å²) in [6, 6.07) is 39.1. The molecule has 58 heavy (non-hydrogen) atoms. The van der Waals surface area contributed by atoms with E-state index in [1.807, 2.05) is 121 Å². The summed E-state index contributed by atoms with van der Waals surface area (Å²) >= 11 is 0. The molecule has 11 atom stereocenters. The molecule has 3 heterocycles. The van der Waals surface area contributed by atoms with Crippen molar-refractivity contribution in [1.82, 2.24) is 0 Å². The molecule has 3 fully saturated rings. The number of carbonyl (C=O) groups is 1. The van der Waals surface area contributed by atoms with Gasteiger partial charge in [0.05, 0.1) is 52.2 Å². The summed E-state index contributed by atoms with van der Waals surface area (Å²) in [6.45, 7) is -0.579. The van der Waals surface area contributed by atoms with E-state index in [0.717, 1.165) is 22.3 Å². The Hall–Kier alpha value is -3.09. The van der Waals surface area contributed by atoms with Gasteiger partial charge in [-0.05, 0) is 22.3 Å². The first-order valence-electron chi connectivity index (χ1n) is 19.2. The van der Waals surface area contributed by atoms with Crippen molar-refractivity contribution in [3.63, 3.8) is 0 Å². The Balaban J connectivity index is 0.00000567. The maximum Gasteiger partial charge on any atom is 1.00 e. The van der Waals surface area contributed by atoms with Gasteiger partial charge in [-0.1, -0.05) is 121 Å². The van der Waals surface area contributed by atoms with Crippen molar-refractivity contribution in [2.45, 2.75) is 93.6 Å². The topological polar surface area (TPSA) is 164 Å². The van der Waals surface area contributed by atoms with Crippen molar-refractivity contribution < 1.29 is 92.3 Å². The molecule has 3 saturated heterocycles. The van der Waals surface area contributed by atoms with Crippen LogP contribution in [0.3, 0.4) is 0 Å². The van der Waals surface area contributed by atoms with Gasteiger partial charge in [0.2, 0.25) is 0 Å². The first-order chi connectivity index (χ1) is 28.0. The molecule has 0 amide bonds. The summed E-state index contributed by atoms with van der Waals surface area (Å²) < 4.78 is 58.1. The van der Waals surface area contributed by atoms with E-state index in [2.05, 4.69) is 0 Å². The van der Waals surface area contributed by atoms with E-state index in [1.165, 1.54) is 0 Å². The van der Waals surface area contributed by atoms with E-state index >= 15 is 0 Å². The van der Waals surface area contributed by atoms with Gasteiger partial charge in [0.25, 0.3) is 0 Å². The van der Waals surface area contributed by atoms with E-state index in [1.54, 1.807) is 0 Å². The van der Waals surface area contributed by atoms with Crippen molar-refractivity contribution in [3.8, 4) is 0 Å². The Kier molecular flexibility index (Phi) is 17.2. The summed E-state index contributed by atoms with van der Waals surface area (Å²) in [5.74, 6) is -1.47. The van der Waals surface area contributed by atoms with E-state index in [4.69, 9.17) is 42.6 Å². The van der Waals surface area contributed by atoms with Crippen LogP contribution < -0.4 is 34.7 Å². The zero-order valence-electron chi connectivity index (χ0n) is 32.4. The van der Waals surface area contributed by atoms with Gasteiger partial charge in [0, 0.05) is 0 Å². The van der Waals surface area contributed by atoms with Crippen LogP contribution >= 0.6 is 0 Å². The number of hydrogen-bond acceptors (Lipinski definition) is 13. The predicted octanol–water partition coefficient (Wildman–Crippen LogP) is -0.272. The molecule has 0 radical (unpaired) electrons. The van der Waals surface area contributed by atoms with Crippen molar-refractivity contribution in [2.75, 3.05) is 26.6 Å². The maximum absolute atomic E-state index is 11.5. The molecule has 2 N–H and O–H groups in total. The summed E-state index contributed by atoms with van der Waals surface area (Å²) in [7, 11) is 0. The number of benzene rings is 4. The number of ether oxygens (including phenoxy) is 9. The average Bonchev–Trinajstić information content (AvgIpc) is 3.25. The Morgan fingerprint density at radius 2 is 1.03 bits per heavy atom. The van der Waals surface area contributed by atoms with Crippen LogP contribution in [0.1, 0.15) is 22.3 Å². The number of carbonyl (C=O) groups excluding carboxylic acids is 1. The predicted molar refractivity (Wildman–Crippen MR) is 201 cm³/mol. The minimum Gasteiger partial charge on any atom is -0.548 e. The van der Waals surface area contributed by atoms with Gasteiger partial charge in [-0.15, -0.1) is 0 Å². The van der Waals surface area contributed by atoms with Crippen LogP contribution in [0, 0.1) is 0 Å². The van der Waals surface area contributed by atoms with Crippen LogP contribution in [0.5, 0.6) is 0 Å². The molecule has 3 aliphatic rings. The first-order valence-corrected chi connectivity index (χ1v) is 19.2. The molecule has 14 heteroatoms. The Morgan fingerprint density at radius 1 is 0.569 bits per heavy atom. The van der Waals surface area contributed by atoms with E-state index in [-0.39, 0.29) is 62.8 Å². The molecule has 0 aromatic heterocycles.